The summed E-state index contributed by atoms with van der Waals surface area (Å²) in [5, 5.41) is 8.47. The SMILES string of the molecule is CCc1nc(-c2csc(S(=O)(=O)N3CCC[C@@H](C(=O)Nc4ccc(OC)cc4)C3)c2)no1. The molecule has 4 rings (SSSR count). The van der Waals surface area contributed by atoms with E-state index in [-0.39, 0.29) is 16.7 Å². The summed E-state index contributed by atoms with van der Waals surface area (Å²) < 4.78 is 38.3. The number of aromatic nitrogens is 2. The molecule has 1 atom stereocenters. The van der Waals surface area contributed by atoms with Gasteiger partial charge in [0.25, 0.3) is 10.0 Å². The van der Waals surface area contributed by atoms with Gasteiger partial charge in [-0.2, -0.15) is 9.29 Å². The minimum atomic E-state index is -3.73. The summed E-state index contributed by atoms with van der Waals surface area (Å²) in [5.74, 6) is 0.942. The normalized spacial score (nSPS) is 17.2. The minimum absolute atomic E-state index is 0.139. The second-order valence-electron chi connectivity index (χ2n) is 7.44. The van der Waals surface area contributed by atoms with Crippen molar-refractivity contribution in [3.8, 4) is 17.1 Å². The highest BCUT2D eigenvalue weighted by molar-refractivity contribution is 7.91. The molecular formula is C21H24N4O5S2. The average molecular weight is 477 g/mol. The zero-order valence-electron chi connectivity index (χ0n) is 17.8. The van der Waals surface area contributed by atoms with Crippen LogP contribution in [0.3, 0.4) is 0 Å². The summed E-state index contributed by atoms with van der Waals surface area (Å²) in [6.45, 7) is 2.42. The Hall–Kier alpha value is -2.76. The number of nitrogens with zero attached hydrogens (tertiary/aromatic N) is 3. The average Bonchev–Trinajstić information content (AvgIpc) is 3.49. The quantitative estimate of drug-likeness (QED) is 0.556. The Kier molecular flexibility index (Phi) is 6.58. The Labute approximate surface area is 190 Å². The predicted molar refractivity (Wildman–Crippen MR) is 120 cm³/mol. The van der Waals surface area contributed by atoms with E-state index in [2.05, 4.69) is 15.5 Å². The Balaban J connectivity index is 1.45. The monoisotopic (exact) mass is 476 g/mol. The number of anilines is 1. The van der Waals surface area contributed by atoms with Crippen LogP contribution in [0.25, 0.3) is 11.4 Å². The summed E-state index contributed by atoms with van der Waals surface area (Å²) >= 11 is 1.11. The number of carbonyl (C=O) groups is 1. The number of hydrogen-bond donors (Lipinski definition) is 1. The van der Waals surface area contributed by atoms with Crippen LogP contribution in [0.2, 0.25) is 0 Å². The zero-order chi connectivity index (χ0) is 22.7. The third kappa shape index (κ3) is 4.69. The van der Waals surface area contributed by atoms with E-state index in [1.165, 1.54) is 4.31 Å². The van der Waals surface area contributed by atoms with Crippen molar-refractivity contribution in [2.75, 3.05) is 25.5 Å². The van der Waals surface area contributed by atoms with E-state index < -0.39 is 15.9 Å². The molecule has 0 saturated carbocycles. The third-order valence-corrected chi connectivity index (χ3v) is 8.59. The molecule has 2 aromatic heterocycles. The molecule has 11 heteroatoms. The number of ether oxygens (including phenoxy) is 1. The molecule has 1 saturated heterocycles. The zero-order valence-corrected chi connectivity index (χ0v) is 19.4. The second kappa shape index (κ2) is 9.39. The molecular weight excluding hydrogens is 452 g/mol. The number of hydrogen-bond acceptors (Lipinski definition) is 8. The van der Waals surface area contributed by atoms with Crippen LogP contribution in [0, 0.1) is 5.92 Å². The lowest BCUT2D eigenvalue weighted by Gasteiger charge is -2.30. The lowest BCUT2D eigenvalue weighted by molar-refractivity contribution is -0.120. The fourth-order valence-electron chi connectivity index (χ4n) is 3.51. The van der Waals surface area contributed by atoms with Crippen LogP contribution in [0.4, 0.5) is 5.69 Å². The topological polar surface area (TPSA) is 115 Å². The maximum atomic E-state index is 13.2. The van der Waals surface area contributed by atoms with E-state index in [1.54, 1.807) is 42.8 Å². The van der Waals surface area contributed by atoms with Gasteiger partial charge in [-0.25, -0.2) is 8.42 Å². The Morgan fingerprint density at radius 3 is 2.81 bits per heavy atom. The molecule has 1 aliphatic rings. The molecule has 0 bridgehead atoms. The van der Waals surface area contributed by atoms with E-state index in [0.717, 1.165) is 11.3 Å². The van der Waals surface area contributed by atoms with Crippen molar-refractivity contribution in [1.29, 1.82) is 0 Å². The second-order valence-corrected chi connectivity index (χ2v) is 10.5. The van der Waals surface area contributed by atoms with Crippen LogP contribution in [0.1, 0.15) is 25.7 Å². The standard InChI is InChI=1S/C21H24N4O5S2/c1-3-18-23-20(24-30-18)15-11-19(31-13-15)32(27,28)25-10-4-5-14(12-25)21(26)22-16-6-8-17(29-2)9-7-16/h6-9,11,13-14H,3-5,10,12H2,1-2H3,(H,22,26)/t14-/m1/s1. The number of carbonyl (C=O) groups excluding carboxylic acids is 1. The molecule has 170 valence electrons. The molecule has 9 nitrogen and oxygen atoms in total. The highest BCUT2D eigenvalue weighted by Crippen LogP contribution is 2.31. The Morgan fingerprint density at radius 2 is 2.12 bits per heavy atom. The molecule has 1 aliphatic heterocycles. The number of rotatable bonds is 7. The summed E-state index contributed by atoms with van der Waals surface area (Å²) in [4.78, 5) is 17.0. The molecule has 3 aromatic rings. The maximum absolute atomic E-state index is 13.2. The van der Waals surface area contributed by atoms with Crippen LogP contribution in [-0.2, 0) is 21.2 Å². The fourth-order valence-corrected chi connectivity index (χ4v) is 6.34. The molecule has 3 heterocycles. The van der Waals surface area contributed by atoms with E-state index in [9.17, 15) is 13.2 Å². The Morgan fingerprint density at radius 1 is 1.34 bits per heavy atom. The van der Waals surface area contributed by atoms with Crippen molar-refractivity contribution >= 4 is 33.0 Å². The maximum Gasteiger partial charge on any atom is 0.252 e. The number of nitrogens with one attached hydrogen (secondary N) is 1. The van der Waals surface area contributed by atoms with E-state index in [4.69, 9.17) is 9.26 Å². The van der Waals surface area contributed by atoms with Gasteiger partial charge in [-0.05, 0) is 43.2 Å². The first-order valence-corrected chi connectivity index (χ1v) is 12.6. The summed E-state index contributed by atoms with van der Waals surface area (Å²) in [7, 11) is -2.15. The van der Waals surface area contributed by atoms with Gasteiger partial charge in [-0.1, -0.05) is 12.1 Å². The molecule has 0 aliphatic carbocycles. The van der Waals surface area contributed by atoms with Gasteiger partial charge >= 0.3 is 0 Å². The van der Waals surface area contributed by atoms with E-state index >= 15 is 0 Å². The first-order chi connectivity index (χ1) is 15.4. The molecule has 0 unspecified atom stereocenters. The summed E-state index contributed by atoms with van der Waals surface area (Å²) in [6, 6.07) is 8.58. The van der Waals surface area contributed by atoms with Crippen LogP contribution >= 0.6 is 11.3 Å². The first-order valence-electron chi connectivity index (χ1n) is 10.3. The molecule has 1 N–H and O–H groups in total. The van der Waals surface area contributed by atoms with Gasteiger partial charge in [0.2, 0.25) is 17.6 Å². The van der Waals surface area contributed by atoms with Crippen LogP contribution in [0.15, 0.2) is 44.4 Å². The predicted octanol–water partition coefficient (Wildman–Crippen LogP) is 3.41. The number of sulfonamides is 1. The lowest BCUT2D eigenvalue weighted by Crippen LogP contribution is -2.43. The Bertz CT molecular complexity index is 1190. The van der Waals surface area contributed by atoms with Gasteiger partial charge in [0.15, 0.2) is 0 Å². The van der Waals surface area contributed by atoms with Crippen LogP contribution in [0.5, 0.6) is 5.75 Å². The van der Waals surface area contributed by atoms with Crippen molar-refractivity contribution in [2.24, 2.45) is 5.92 Å². The van der Waals surface area contributed by atoms with E-state index in [1.807, 2.05) is 6.92 Å². The number of piperidine rings is 1. The summed E-state index contributed by atoms with van der Waals surface area (Å²) in [5.41, 5.74) is 1.24. The van der Waals surface area contributed by atoms with Gasteiger partial charge in [0.05, 0.1) is 13.0 Å². The third-order valence-electron chi connectivity index (χ3n) is 5.31. The fraction of sp³-hybridized carbons (Fsp3) is 0.381. The summed E-state index contributed by atoms with van der Waals surface area (Å²) in [6.07, 6.45) is 1.85. The van der Waals surface area contributed by atoms with Crippen molar-refractivity contribution in [3.05, 3.63) is 41.6 Å². The first kappa shape index (κ1) is 22.4. The van der Waals surface area contributed by atoms with Crippen LogP contribution in [-0.4, -0.2) is 49.0 Å². The number of methoxy groups -OCH3 is 1. The minimum Gasteiger partial charge on any atom is -0.497 e. The van der Waals surface area contributed by atoms with Crippen molar-refractivity contribution in [3.63, 3.8) is 0 Å². The number of benzene rings is 1. The van der Waals surface area contributed by atoms with Gasteiger partial charge < -0.3 is 14.6 Å². The molecule has 0 radical (unpaired) electrons. The molecule has 32 heavy (non-hydrogen) atoms. The number of thiophene rings is 1. The van der Waals surface area contributed by atoms with Crippen molar-refractivity contribution in [2.45, 2.75) is 30.4 Å². The molecule has 1 fully saturated rings. The van der Waals surface area contributed by atoms with Gasteiger partial charge in [0.1, 0.15) is 9.96 Å². The largest absolute Gasteiger partial charge is 0.497 e. The number of amides is 1. The number of aryl methyl sites for hydroxylation is 1. The van der Waals surface area contributed by atoms with Crippen molar-refractivity contribution < 1.29 is 22.5 Å². The van der Waals surface area contributed by atoms with Gasteiger partial charge in [0, 0.05) is 36.1 Å². The molecule has 1 amide bonds. The molecule has 0 spiro atoms. The highest BCUT2D eigenvalue weighted by atomic mass is 32.2. The van der Waals surface area contributed by atoms with Crippen LogP contribution < -0.4 is 10.1 Å². The smallest absolute Gasteiger partial charge is 0.252 e. The van der Waals surface area contributed by atoms with Gasteiger partial charge in [-0.3, -0.25) is 4.79 Å². The lowest BCUT2D eigenvalue weighted by atomic mass is 9.99. The highest BCUT2D eigenvalue weighted by Gasteiger charge is 2.34. The van der Waals surface area contributed by atoms with Crippen molar-refractivity contribution in [1.82, 2.24) is 14.4 Å². The van der Waals surface area contributed by atoms with E-state index in [0.29, 0.717) is 54.5 Å². The van der Waals surface area contributed by atoms with Gasteiger partial charge in [-0.15, -0.1) is 11.3 Å². The molecule has 1 aromatic carbocycles.